The van der Waals surface area contributed by atoms with Crippen LogP contribution in [0.4, 0.5) is 0 Å². The van der Waals surface area contributed by atoms with Crippen LogP contribution >= 0.6 is 0 Å². The summed E-state index contributed by atoms with van der Waals surface area (Å²) in [6, 6.07) is 10.8. The standard InChI is InChI=1S/C12H17N.C4H7NO/c1-2-4-11(5-3-1)10-12-6-8-13-9-7-12;1-2-3-5-4-6/h1-5,12-13H,6-10H2;2-3H2,1H3. The summed E-state index contributed by atoms with van der Waals surface area (Å²) in [5, 5.41) is 3.40. The molecule has 0 atom stereocenters. The number of nitrogens with one attached hydrogen (secondary N) is 1. The van der Waals surface area contributed by atoms with Crippen LogP contribution in [0, 0.1) is 5.92 Å². The van der Waals surface area contributed by atoms with Crippen molar-refractivity contribution in [3.05, 3.63) is 35.9 Å². The predicted octanol–water partition coefficient (Wildman–Crippen LogP) is 2.96. The molecule has 1 aromatic carbocycles. The van der Waals surface area contributed by atoms with Gasteiger partial charge in [-0.15, -0.1) is 0 Å². The molecule has 0 unspecified atom stereocenters. The van der Waals surface area contributed by atoms with Gasteiger partial charge in [-0.25, -0.2) is 9.79 Å². The van der Waals surface area contributed by atoms with Gasteiger partial charge in [0.25, 0.3) is 0 Å². The molecule has 3 nitrogen and oxygen atoms in total. The van der Waals surface area contributed by atoms with Crippen molar-refractivity contribution < 1.29 is 4.79 Å². The van der Waals surface area contributed by atoms with Gasteiger partial charge < -0.3 is 5.32 Å². The molecule has 0 saturated carbocycles. The van der Waals surface area contributed by atoms with Gasteiger partial charge in [0.2, 0.25) is 6.08 Å². The lowest BCUT2D eigenvalue weighted by molar-refractivity contribution is 0.372. The van der Waals surface area contributed by atoms with Gasteiger partial charge in [-0.2, -0.15) is 0 Å². The Balaban J connectivity index is 0.000000258. The Morgan fingerprint density at radius 2 is 1.95 bits per heavy atom. The highest BCUT2D eigenvalue weighted by molar-refractivity contribution is 5.32. The van der Waals surface area contributed by atoms with Crippen LogP contribution in [0.2, 0.25) is 0 Å². The normalized spacial score (nSPS) is 15.0. The summed E-state index contributed by atoms with van der Waals surface area (Å²) in [6.07, 6.45) is 6.32. The first-order valence-corrected chi connectivity index (χ1v) is 7.15. The molecule has 1 aliphatic heterocycles. The summed E-state index contributed by atoms with van der Waals surface area (Å²) < 4.78 is 0. The molecule has 19 heavy (non-hydrogen) atoms. The Morgan fingerprint density at radius 1 is 1.26 bits per heavy atom. The van der Waals surface area contributed by atoms with Crippen molar-refractivity contribution in [2.75, 3.05) is 19.6 Å². The monoisotopic (exact) mass is 260 g/mol. The maximum absolute atomic E-state index is 9.27. The van der Waals surface area contributed by atoms with Crippen LogP contribution < -0.4 is 5.32 Å². The van der Waals surface area contributed by atoms with Gasteiger partial charge in [-0.05, 0) is 50.3 Å². The Hall–Kier alpha value is -1.44. The first kappa shape index (κ1) is 15.6. The van der Waals surface area contributed by atoms with E-state index in [0.717, 1.165) is 12.3 Å². The summed E-state index contributed by atoms with van der Waals surface area (Å²) in [6.45, 7) is 4.99. The molecule has 3 heteroatoms. The van der Waals surface area contributed by atoms with Gasteiger partial charge in [-0.3, -0.25) is 0 Å². The van der Waals surface area contributed by atoms with E-state index in [4.69, 9.17) is 0 Å². The number of aliphatic imine (C=N–C) groups is 1. The van der Waals surface area contributed by atoms with Crippen molar-refractivity contribution in [3.63, 3.8) is 0 Å². The van der Waals surface area contributed by atoms with Crippen LogP contribution in [0.1, 0.15) is 31.7 Å². The Morgan fingerprint density at radius 3 is 2.47 bits per heavy atom. The molecular formula is C16H24N2O. The van der Waals surface area contributed by atoms with Crippen molar-refractivity contribution in [1.82, 2.24) is 5.32 Å². The van der Waals surface area contributed by atoms with E-state index < -0.39 is 0 Å². The van der Waals surface area contributed by atoms with Crippen LogP contribution in [-0.4, -0.2) is 25.7 Å². The summed E-state index contributed by atoms with van der Waals surface area (Å²) >= 11 is 0. The Kier molecular flexibility index (Phi) is 8.61. The Bertz CT molecular complexity index is 366. The molecule has 0 amide bonds. The molecule has 0 aliphatic carbocycles. The quantitative estimate of drug-likeness (QED) is 0.668. The second-order valence-corrected chi connectivity index (χ2v) is 4.86. The summed E-state index contributed by atoms with van der Waals surface area (Å²) in [7, 11) is 0. The van der Waals surface area contributed by atoms with E-state index in [1.54, 1.807) is 0 Å². The molecule has 0 bridgehead atoms. The number of rotatable bonds is 4. The fourth-order valence-electron chi connectivity index (χ4n) is 2.19. The minimum Gasteiger partial charge on any atom is -0.317 e. The molecule has 1 heterocycles. The number of isocyanates is 1. The third-order valence-corrected chi connectivity index (χ3v) is 3.23. The molecule has 0 radical (unpaired) electrons. The summed E-state index contributed by atoms with van der Waals surface area (Å²) in [5.74, 6) is 0.906. The SMILES string of the molecule is CCCN=C=O.c1ccc(CC2CCNCC2)cc1. The molecular weight excluding hydrogens is 236 g/mol. The molecule has 0 aromatic heterocycles. The Labute approximate surface area is 116 Å². The lowest BCUT2D eigenvalue weighted by atomic mass is 9.91. The predicted molar refractivity (Wildman–Crippen MR) is 79.0 cm³/mol. The number of hydrogen-bond acceptors (Lipinski definition) is 3. The highest BCUT2D eigenvalue weighted by Gasteiger charge is 2.12. The fraction of sp³-hybridized carbons (Fsp3) is 0.562. The van der Waals surface area contributed by atoms with E-state index >= 15 is 0 Å². The van der Waals surface area contributed by atoms with Gasteiger partial charge in [-0.1, -0.05) is 37.3 Å². The molecule has 1 aromatic rings. The number of piperidine rings is 1. The molecule has 1 N–H and O–H groups in total. The van der Waals surface area contributed by atoms with E-state index in [-0.39, 0.29) is 0 Å². The first-order valence-electron chi connectivity index (χ1n) is 7.15. The first-order chi connectivity index (χ1) is 9.36. The van der Waals surface area contributed by atoms with Crippen LogP contribution in [0.15, 0.2) is 35.3 Å². The van der Waals surface area contributed by atoms with Gasteiger partial charge in [0, 0.05) is 0 Å². The highest BCUT2D eigenvalue weighted by Crippen LogP contribution is 2.17. The van der Waals surface area contributed by atoms with Crippen molar-refractivity contribution in [2.45, 2.75) is 32.6 Å². The molecule has 1 saturated heterocycles. The third-order valence-electron chi connectivity index (χ3n) is 3.23. The van der Waals surface area contributed by atoms with Crippen LogP contribution in [0.25, 0.3) is 0 Å². The molecule has 2 rings (SSSR count). The number of nitrogens with zero attached hydrogens (tertiary/aromatic N) is 1. The van der Waals surface area contributed by atoms with Crippen molar-refractivity contribution >= 4 is 6.08 Å². The van der Waals surface area contributed by atoms with Crippen molar-refractivity contribution in [1.29, 1.82) is 0 Å². The molecule has 1 aliphatic rings. The highest BCUT2D eigenvalue weighted by atomic mass is 16.1. The van der Waals surface area contributed by atoms with Crippen LogP contribution in [-0.2, 0) is 11.2 Å². The van der Waals surface area contributed by atoms with Crippen LogP contribution in [0.5, 0.6) is 0 Å². The smallest absolute Gasteiger partial charge is 0.234 e. The fourth-order valence-corrected chi connectivity index (χ4v) is 2.19. The second kappa shape index (κ2) is 10.5. The lowest BCUT2D eigenvalue weighted by Crippen LogP contribution is -2.28. The minimum atomic E-state index is 0.615. The zero-order chi connectivity index (χ0) is 13.8. The molecule has 104 valence electrons. The van der Waals surface area contributed by atoms with E-state index in [2.05, 4.69) is 40.6 Å². The molecule has 0 spiro atoms. The van der Waals surface area contributed by atoms with E-state index in [1.807, 2.05) is 6.92 Å². The maximum atomic E-state index is 9.27. The largest absolute Gasteiger partial charge is 0.317 e. The lowest BCUT2D eigenvalue weighted by Gasteiger charge is -2.22. The second-order valence-electron chi connectivity index (χ2n) is 4.86. The van der Waals surface area contributed by atoms with Gasteiger partial charge >= 0.3 is 0 Å². The third kappa shape index (κ3) is 7.55. The van der Waals surface area contributed by atoms with Gasteiger partial charge in [0.15, 0.2) is 0 Å². The van der Waals surface area contributed by atoms with Crippen LogP contribution in [0.3, 0.4) is 0 Å². The van der Waals surface area contributed by atoms with Gasteiger partial charge in [0.05, 0.1) is 6.54 Å². The van der Waals surface area contributed by atoms with E-state index in [9.17, 15) is 4.79 Å². The van der Waals surface area contributed by atoms with Crippen molar-refractivity contribution in [3.8, 4) is 0 Å². The van der Waals surface area contributed by atoms with E-state index in [0.29, 0.717) is 6.54 Å². The van der Waals surface area contributed by atoms with Crippen molar-refractivity contribution in [2.24, 2.45) is 10.9 Å². The minimum absolute atomic E-state index is 0.615. The number of benzene rings is 1. The average Bonchev–Trinajstić information content (AvgIpc) is 2.48. The average molecular weight is 260 g/mol. The van der Waals surface area contributed by atoms with Gasteiger partial charge in [0.1, 0.15) is 0 Å². The zero-order valence-corrected chi connectivity index (χ0v) is 11.8. The maximum Gasteiger partial charge on any atom is 0.234 e. The molecule has 1 fully saturated rings. The summed E-state index contributed by atoms with van der Waals surface area (Å²) in [5.41, 5.74) is 1.49. The summed E-state index contributed by atoms with van der Waals surface area (Å²) in [4.78, 5) is 12.6. The zero-order valence-electron chi connectivity index (χ0n) is 11.8. The van der Waals surface area contributed by atoms with E-state index in [1.165, 1.54) is 44.0 Å². The number of hydrogen-bond donors (Lipinski definition) is 1. The number of carbonyl (C=O) groups excluding carboxylic acids is 1. The topological polar surface area (TPSA) is 41.5 Å².